The number of carbonyl (C=O) groups excluding carboxylic acids is 2. The summed E-state index contributed by atoms with van der Waals surface area (Å²) in [4.78, 5) is 28.8. The molecule has 1 saturated heterocycles. The van der Waals surface area contributed by atoms with E-state index in [1.165, 1.54) is 11.1 Å². The zero-order valence-electron chi connectivity index (χ0n) is 18.1. The molecule has 1 aliphatic heterocycles. The van der Waals surface area contributed by atoms with E-state index in [-0.39, 0.29) is 5.91 Å². The molecule has 0 aromatic heterocycles. The first-order valence-electron chi connectivity index (χ1n) is 10.6. The fraction of sp³-hybridized carbons (Fsp3) is 0.417. The van der Waals surface area contributed by atoms with E-state index in [0.29, 0.717) is 36.9 Å². The summed E-state index contributed by atoms with van der Waals surface area (Å²) in [6.07, 6.45) is -0.517. The molecule has 1 aliphatic rings. The van der Waals surface area contributed by atoms with E-state index < -0.39 is 6.09 Å². The highest BCUT2D eigenvalue weighted by Crippen LogP contribution is 2.18. The molecule has 6 heteroatoms. The van der Waals surface area contributed by atoms with Crippen molar-refractivity contribution in [3.8, 4) is 0 Å². The Hall–Kier alpha value is -2.86. The van der Waals surface area contributed by atoms with Crippen molar-refractivity contribution in [3.63, 3.8) is 0 Å². The lowest BCUT2D eigenvalue weighted by Crippen LogP contribution is -2.48. The predicted octanol–water partition coefficient (Wildman–Crippen LogP) is 4.34. The minimum absolute atomic E-state index is 0.0107. The highest BCUT2D eigenvalue weighted by Gasteiger charge is 2.22. The fourth-order valence-electron chi connectivity index (χ4n) is 3.57. The highest BCUT2D eigenvalue weighted by atomic mass is 16.5. The molecular weight excluding hydrogens is 378 g/mol. The second-order valence-electron chi connectivity index (χ2n) is 7.89. The normalized spacial score (nSPS) is 14.6. The molecule has 2 aromatic carbocycles. The van der Waals surface area contributed by atoms with Gasteiger partial charge in [0.05, 0.1) is 6.61 Å². The van der Waals surface area contributed by atoms with Crippen LogP contribution in [0, 0.1) is 0 Å². The van der Waals surface area contributed by atoms with Crippen LogP contribution in [0.25, 0.3) is 0 Å². The van der Waals surface area contributed by atoms with Gasteiger partial charge < -0.3 is 9.64 Å². The molecular formula is C24H31N3O3. The number of anilines is 1. The van der Waals surface area contributed by atoms with Crippen molar-refractivity contribution >= 4 is 17.7 Å². The average Bonchev–Trinajstić information content (AvgIpc) is 2.74. The number of hydrogen-bond acceptors (Lipinski definition) is 4. The van der Waals surface area contributed by atoms with Crippen LogP contribution < -0.4 is 5.32 Å². The molecule has 0 atom stereocenters. The summed E-state index contributed by atoms with van der Waals surface area (Å²) in [7, 11) is 0. The molecule has 3 rings (SSSR count). The molecule has 0 spiro atoms. The quantitative estimate of drug-likeness (QED) is 0.771. The minimum Gasteiger partial charge on any atom is -0.450 e. The van der Waals surface area contributed by atoms with Crippen molar-refractivity contribution in [2.24, 2.45) is 0 Å². The van der Waals surface area contributed by atoms with E-state index in [4.69, 9.17) is 4.74 Å². The highest BCUT2D eigenvalue weighted by molar-refractivity contribution is 5.96. The molecule has 0 bridgehead atoms. The molecule has 160 valence electrons. The van der Waals surface area contributed by atoms with Crippen LogP contribution in [0.5, 0.6) is 0 Å². The van der Waals surface area contributed by atoms with Gasteiger partial charge in [-0.2, -0.15) is 0 Å². The number of rotatable bonds is 6. The molecule has 2 amide bonds. The average molecular weight is 410 g/mol. The number of nitrogens with one attached hydrogen (secondary N) is 1. The van der Waals surface area contributed by atoms with Crippen LogP contribution in [-0.2, 0) is 11.3 Å². The molecule has 0 aliphatic carbocycles. The predicted molar refractivity (Wildman–Crippen MR) is 119 cm³/mol. The van der Waals surface area contributed by atoms with E-state index in [1.54, 1.807) is 31.2 Å². The molecule has 0 unspecified atom stereocenters. The van der Waals surface area contributed by atoms with Crippen LogP contribution in [-0.4, -0.2) is 54.6 Å². The van der Waals surface area contributed by atoms with Gasteiger partial charge in [-0.25, -0.2) is 4.79 Å². The van der Waals surface area contributed by atoms with Crippen LogP contribution in [0.3, 0.4) is 0 Å². The number of piperazine rings is 1. The maximum Gasteiger partial charge on any atom is 0.411 e. The van der Waals surface area contributed by atoms with Crippen molar-refractivity contribution in [1.29, 1.82) is 0 Å². The fourth-order valence-corrected chi connectivity index (χ4v) is 3.57. The summed E-state index contributed by atoms with van der Waals surface area (Å²) in [5.74, 6) is 0.531. The molecule has 1 fully saturated rings. The van der Waals surface area contributed by atoms with E-state index >= 15 is 0 Å². The van der Waals surface area contributed by atoms with Gasteiger partial charge in [0, 0.05) is 44.0 Å². The standard InChI is InChI=1S/C24H31N3O3/c1-4-30-24(29)25-22-7-5-6-21(16-22)23(28)27-14-12-26(13-15-27)17-19-8-10-20(11-9-19)18(2)3/h5-11,16,18H,4,12-15,17H2,1-3H3,(H,25,29). The van der Waals surface area contributed by atoms with Crippen molar-refractivity contribution in [2.45, 2.75) is 33.2 Å². The zero-order chi connectivity index (χ0) is 21.5. The Labute approximate surface area is 178 Å². The maximum atomic E-state index is 12.9. The second kappa shape index (κ2) is 10.3. The SMILES string of the molecule is CCOC(=O)Nc1cccc(C(=O)N2CCN(Cc3ccc(C(C)C)cc3)CC2)c1. The molecule has 0 radical (unpaired) electrons. The molecule has 2 aromatic rings. The first-order valence-corrected chi connectivity index (χ1v) is 10.6. The van der Waals surface area contributed by atoms with Gasteiger partial charge in [0.1, 0.15) is 0 Å². The minimum atomic E-state index is -0.517. The summed E-state index contributed by atoms with van der Waals surface area (Å²) in [6, 6.07) is 15.8. The van der Waals surface area contributed by atoms with E-state index in [1.807, 2.05) is 4.90 Å². The van der Waals surface area contributed by atoms with Crippen LogP contribution in [0.2, 0.25) is 0 Å². The Kier molecular flexibility index (Phi) is 7.46. The summed E-state index contributed by atoms with van der Waals surface area (Å²) >= 11 is 0. The topological polar surface area (TPSA) is 61.9 Å². The Balaban J connectivity index is 1.53. The monoisotopic (exact) mass is 409 g/mol. The van der Waals surface area contributed by atoms with Crippen LogP contribution in [0.4, 0.5) is 10.5 Å². The Morgan fingerprint density at radius 1 is 1.03 bits per heavy atom. The van der Waals surface area contributed by atoms with Crippen LogP contribution in [0.15, 0.2) is 48.5 Å². The Morgan fingerprint density at radius 3 is 2.37 bits per heavy atom. The lowest BCUT2D eigenvalue weighted by atomic mass is 10.0. The third-order valence-electron chi connectivity index (χ3n) is 5.34. The summed E-state index contributed by atoms with van der Waals surface area (Å²) < 4.78 is 4.89. The summed E-state index contributed by atoms with van der Waals surface area (Å²) in [5.41, 5.74) is 3.79. The molecule has 30 heavy (non-hydrogen) atoms. The number of nitrogens with zero attached hydrogens (tertiary/aromatic N) is 2. The van der Waals surface area contributed by atoms with Gasteiger partial charge in [-0.05, 0) is 42.2 Å². The molecule has 1 heterocycles. The lowest BCUT2D eigenvalue weighted by molar-refractivity contribution is 0.0628. The number of ether oxygens (including phenoxy) is 1. The van der Waals surface area contributed by atoms with Crippen LogP contribution in [0.1, 0.15) is 48.2 Å². The summed E-state index contributed by atoms with van der Waals surface area (Å²) in [6.45, 7) is 10.4. The largest absolute Gasteiger partial charge is 0.450 e. The maximum absolute atomic E-state index is 12.9. The van der Waals surface area contributed by atoms with E-state index in [0.717, 1.165) is 19.6 Å². The molecule has 6 nitrogen and oxygen atoms in total. The zero-order valence-corrected chi connectivity index (χ0v) is 18.1. The molecule has 0 saturated carbocycles. The Bertz CT molecular complexity index is 856. The third-order valence-corrected chi connectivity index (χ3v) is 5.34. The van der Waals surface area contributed by atoms with Gasteiger partial charge in [0.15, 0.2) is 0 Å². The smallest absolute Gasteiger partial charge is 0.411 e. The van der Waals surface area contributed by atoms with Gasteiger partial charge in [-0.15, -0.1) is 0 Å². The first-order chi connectivity index (χ1) is 14.5. The van der Waals surface area contributed by atoms with Crippen molar-refractivity contribution in [2.75, 3.05) is 38.1 Å². The third kappa shape index (κ3) is 5.83. The van der Waals surface area contributed by atoms with Gasteiger partial charge in [0.25, 0.3) is 5.91 Å². The number of hydrogen-bond donors (Lipinski definition) is 1. The first kappa shape index (κ1) is 21.8. The number of carbonyl (C=O) groups is 2. The lowest BCUT2D eigenvalue weighted by Gasteiger charge is -2.35. The van der Waals surface area contributed by atoms with Gasteiger partial charge in [0.2, 0.25) is 0 Å². The van der Waals surface area contributed by atoms with Crippen LogP contribution >= 0.6 is 0 Å². The second-order valence-corrected chi connectivity index (χ2v) is 7.89. The Morgan fingerprint density at radius 2 is 1.73 bits per heavy atom. The summed E-state index contributed by atoms with van der Waals surface area (Å²) in [5, 5.41) is 2.65. The van der Waals surface area contributed by atoms with Gasteiger partial charge in [-0.3, -0.25) is 15.0 Å². The number of amides is 2. The van der Waals surface area contributed by atoms with E-state index in [9.17, 15) is 9.59 Å². The number of benzene rings is 2. The van der Waals surface area contributed by atoms with Gasteiger partial charge >= 0.3 is 6.09 Å². The van der Waals surface area contributed by atoms with Crippen molar-refractivity contribution in [3.05, 3.63) is 65.2 Å². The van der Waals surface area contributed by atoms with E-state index in [2.05, 4.69) is 48.3 Å². The van der Waals surface area contributed by atoms with Crippen molar-refractivity contribution in [1.82, 2.24) is 9.80 Å². The molecule has 1 N–H and O–H groups in total. The van der Waals surface area contributed by atoms with Gasteiger partial charge in [-0.1, -0.05) is 44.2 Å². The van der Waals surface area contributed by atoms with Crippen molar-refractivity contribution < 1.29 is 14.3 Å².